The van der Waals surface area contributed by atoms with Gasteiger partial charge in [0.25, 0.3) is 0 Å². The van der Waals surface area contributed by atoms with Crippen molar-refractivity contribution in [3.63, 3.8) is 0 Å². The van der Waals surface area contributed by atoms with E-state index >= 15 is 0 Å². The van der Waals surface area contributed by atoms with Gasteiger partial charge in [-0.25, -0.2) is 4.39 Å². The summed E-state index contributed by atoms with van der Waals surface area (Å²) in [5.41, 5.74) is 1.18. The van der Waals surface area contributed by atoms with Crippen LogP contribution in [0.25, 0.3) is 11.3 Å². The van der Waals surface area contributed by atoms with Crippen LogP contribution in [0.3, 0.4) is 0 Å². The number of H-pyrrole nitrogens is 1. The van der Waals surface area contributed by atoms with Crippen LogP contribution in [-0.4, -0.2) is 47.2 Å². The molecular weight excluding hydrogens is 347 g/mol. The molecule has 0 spiro atoms. The Bertz CT molecular complexity index is 777. The van der Waals surface area contributed by atoms with Crippen LogP contribution in [0.1, 0.15) is 39.0 Å². The molecule has 7 heteroatoms. The summed E-state index contributed by atoms with van der Waals surface area (Å²) in [6, 6.07) is 6.96. The molecule has 3 rings (SSSR count). The smallest absolute Gasteiger partial charge is 0.225 e. The van der Waals surface area contributed by atoms with Gasteiger partial charge in [-0.05, 0) is 57.5 Å². The van der Waals surface area contributed by atoms with Crippen LogP contribution in [0.2, 0.25) is 0 Å². The molecule has 1 saturated heterocycles. The number of nitrogens with zero attached hydrogens (tertiary/aromatic N) is 2. The lowest BCUT2D eigenvalue weighted by Gasteiger charge is -2.33. The third-order valence-electron chi connectivity index (χ3n) is 5.09. The van der Waals surface area contributed by atoms with Gasteiger partial charge in [-0.2, -0.15) is 5.10 Å². The lowest BCUT2D eigenvalue weighted by Crippen LogP contribution is -2.38. The minimum atomic E-state index is -0.449. The first-order chi connectivity index (χ1) is 13.1. The van der Waals surface area contributed by atoms with Crippen LogP contribution >= 0.6 is 0 Å². The summed E-state index contributed by atoms with van der Waals surface area (Å²) >= 11 is 0. The first kappa shape index (κ1) is 19.4. The Hall–Kier alpha value is -2.41. The maximum atomic E-state index is 13.8. The molecule has 0 saturated carbocycles. The summed E-state index contributed by atoms with van der Waals surface area (Å²) < 4.78 is 18.8. The van der Waals surface area contributed by atoms with E-state index < -0.39 is 5.82 Å². The average Bonchev–Trinajstić information content (AvgIpc) is 3.11. The van der Waals surface area contributed by atoms with Crippen LogP contribution in [0.15, 0.2) is 24.3 Å². The standard InChI is InChI=1S/C20H27FN4O2/c1-14-6-3-4-10-25(14)11-5-7-20(26)22-19-13-17(23-24-19)15-8-9-18(27-2)16(21)12-15/h8-9,12-14H,3-7,10-11H2,1-2H3,(H2,22,23,24,26). The van der Waals surface area contributed by atoms with E-state index in [1.807, 2.05) is 0 Å². The second kappa shape index (κ2) is 8.99. The van der Waals surface area contributed by atoms with Crippen molar-refractivity contribution in [2.45, 2.75) is 45.1 Å². The maximum Gasteiger partial charge on any atom is 0.225 e. The number of hydrogen-bond acceptors (Lipinski definition) is 4. The number of piperidine rings is 1. The molecule has 0 radical (unpaired) electrons. The highest BCUT2D eigenvalue weighted by Gasteiger charge is 2.18. The van der Waals surface area contributed by atoms with Gasteiger partial charge in [-0.1, -0.05) is 6.42 Å². The fraction of sp³-hybridized carbons (Fsp3) is 0.500. The van der Waals surface area contributed by atoms with E-state index in [1.165, 1.54) is 32.4 Å². The molecule has 27 heavy (non-hydrogen) atoms. The van der Waals surface area contributed by atoms with Crippen molar-refractivity contribution >= 4 is 11.7 Å². The summed E-state index contributed by atoms with van der Waals surface area (Å²) in [4.78, 5) is 14.6. The van der Waals surface area contributed by atoms with E-state index in [4.69, 9.17) is 4.74 Å². The molecule has 146 valence electrons. The van der Waals surface area contributed by atoms with Gasteiger partial charge in [0.2, 0.25) is 5.91 Å². The minimum absolute atomic E-state index is 0.0456. The van der Waals surface area contributed by atoms with Crippen LogP contribution in [0.4, 0.5) is 10.2 Å². The van der Waals surface area contributed by atoms with Crippen molar-refractivity contribution in [2.75, 3.05) is 25.5 Å². The number of benzene rings is 1. The van der Waals surface area contributed by atoms with Crippen molar-refractivity contribution in [3.8, 4) is 17.0 Å². The number of likely N-dealkylation sites (tertiary alicyclic amines) is 1. The highest BCUT2D eigenvalue weighted by atomic mass is 19.1. The minimum Gasteiger partial charge on any atom is -0.494 e. The van der Waals surface area contributed by atoms with E-state index in [-0.39, 0.29) is 11.7 Å². The average molecular weight is 374 g/mol. The predicted molar refractivity (Wildman–Crippen MR) is 103 cm³/mol. The fourth-order valence-electron chi connectivity index (χ4n) is 3.50. The molecule has 6 nitrogen and oxygen atoms in total. The molecule has 2 heterocycles. The molecule has 1 aromatic carbocycles. The molecular formula is C20H27FN4O2. The third-order valence-corrected chi connectivity index (χ3v) is 5.09. The monoisotopic (exact) mass is 374 g/mol. The Morgan fingerprint density at radius 3 is 3.00 bits per heavy atom. The van der Waals surface area contributed by atoms with Crippen molar-refractivity contribution in [3.05, 3.63) is 30.1 Å². The number of methoxy groups -OCH3 is 1. The first-order valence-corrected chi connectivity index (χ1v) is 9.50. The quantitative estimate of drug-likeness (QED) is 0.773. The first-order valence-electron chi connectivity index (χ1n) is 9.50. The number of rotatable bonds is 7. The molecule has 1 atom stereocenters. The Morgan fingerprint density at radius 2 is 2.26 bits per heavy atom. The summed E-state index contributed by atoms with van der Waals surface area (Å²) in [6.07, 6.45) is 5.10. The second-order valence-electron chi connectivity index (χ2n) is 7.05. The number of ether oxygens (including phenoxy) is 1. The Kier molecular flexibility index (Phi) is 6.45. The molecule has 1 aliphatic rings. The zero-order valence-corrected chi connectivity index (χ0v) is 15.9. The molecule has 1 unspecified atom stereocenters. The van der Waals surface area contributed by atoms with Crippen LogP contribution in [0, 0.1) is 5.82 Å². The molecule has 2 aromatic rings. The number of carbonyl (C=O) groups is 1. The molecule has 1 fully saturated rings. The maximum absolute atomic E-state index is 13.8. The lowest BCUT2D eigenvalue weighted by molar-refractivity contribution is -0.116. The summed E-state index contributed by atoms with van der Waals surface area (Å²) in [7, 11) is 1.42. The van der Waals surface area contributed by atoms with Gasteiger partial charge in [0, 0.05) is 24.1 Å². The van der Waals surface area contributed by atoms with E-state index in [0.717, 1.165) is 19.5 Å². The van der Waals surface area contributed by atoms with Gasteiger partial charge in [0.15, 0.2) is 11.6 Å². The summed E-state index contributed by atoms with van der Waals surface area (Å²) in [5, 5.41) is 9.75. The molecule has 1 aliphatic heterocycles. The largest absolute Gasteiger partial charge is 0.494 e. The lowest BCUT2D eigenvalue weighted by atomic mass is 10.0. The predicted octanol–water partition coefficient (Wildman–Crippen LogP) is 3.82. The normalized spacial score (nSPS) is 17.7. The number of nitrogens with one attached hydrogen (secondary N) is 2. The number of anilines is 1. The van der Waals surface area contributed by atoms with Crippen molar-refractivity contribution in [2.24, 2.45) is 0 Å². The van der Waals surface area contributed by atoms with E-state index in [0.29, 0.717) is 29.5 Å². The van der Waals surface area contributed by atoms with E-state index in [2.05, 4.69) is 27.3 Å². The molecule has 0 aliphatic carbocycles. The molecule has 1 aromatic heterocycles. The van der Waals surface area contributed by atoms with Crippen LogP contribution < -0.4 is 10.1 Å². The van der Waals surface area contributed by atoms with Gasteiger partial charge < -0.3 is 15.0 Å². The number of amides is 1. The van der Waals surface area contributed by atoms with E-state index in [1.54, 1.807) is 18.2 Å². The fourth-order valence-corrected chi connectivity index (χ4v) is 3.50. The van der Waals surface area contributed by atoms with Gasteiger partial charge in [-0.3, -0.25) is 9.89 Å². The number of aromatic nitrogens is 2. The summed E-state index contributed by atoms with van der Waals surface area (Å²) in [6.45, 7) is 4.34. The van der Waals surface area contributed by atoms with Gasteiger partial charge in [0.1, 0.15) is 5.82 Å². The van der Waals surface area contributed by atoms with E-state index in [9.17, 15) is 9.18 Å². The van der Waals surface area contributed by atoms with Crippen LogP contribution in [0.5, 0.6) is 5.75 Å². The van der Waals surface area contributed by atoms with Gasteiger partial charge in [-0.15, -0.1) is 0 Å². The second-order valence-corrected chi connectivity index (χ2v) is 7.05. The van der Waals surface area contributed by atoms with Crippen molar-refractivity contribution in [1.29, 1.82) is 0 Å². The summed E-state index contributed by atoms with van der Waals surface area (Å²) in [5.74, 6) is 0.203. The van der Waals surface area contributed by atoms with Gasteiger partial charge >= 0.3 is 0 Å². The number of aromatic amines is 1. The Morgan fingerprint density at radius 1 is 1.41 bits per heavy atom. The molecule has 1 amide bonds. The van der Waals surface area contributed by atoms with Crippen LogP contribution in [-0.2, 0) is 4.79 Å². The van der Waals surface area contributed by atoms with Crippen molar-refractivity contribution in [1.82, 2.24) is 15.1 Å². The molecule has 2 N–H and O–H groups in total. The third kappa shape index (κ3) is 5.07. The zero-order valence-electron chi connectivity index (χ0n) is 15.9. The highest BCUT2D eigenvalue weighted by molar-refractivity contribution is 5.90. The SMILES string of the molecule is COc1ccc(-c2cc(NC(=O)CCCN3CCCCC3C)[nH]n2)cc1F. The number of hydrogen-bond donors (Lipinski definition) is 2. The Balaban J connectivity index is 1.50. The number of halogens is 1. The topological polar surface area (TPSA) is 70.2 Å². The zero-order chi connectivity index (χ0) is 19.2. The van der Waals surface area contributed by atoms with Gasteiger partial charge in [0.05, 0.1) is 12.8 Å². The molecule has 0 bridgehead atoms. The van der Waals surface area contributed by atoms with Crippen molar-refractivity contribution < 1.29 is 13.9 Å². The highest BCUT2D eigenvalue weighted by Crippen LogP contribution is 2.25. The number of carbonyl (C=O) groups excluding carboxylic acids is 1. The Labute approximate surface area is 159 Å².